The normalized spacial score (nSPS) is 17.1. The number of hydrogen-bond acceptors (Lipinski definition) is 3. The second-order valence-electron chi connectivity index (χ2n) is 6.07. The molecule has 0 aromatic carbocycles. The summed E-state index contributed by atoms with van der Waals surface area (Å²) in [5.41, 5.74) is 0.105. The lowest BCUT2D eigenvalue weighted by Gasteiger charge is -2.34. The van der Waals surface area contributed by atoms with Crippen molar-refractivity contribution in [2.24, 2.45) is 0 Å². The zero-order valence-corrected chi connectivity index (χ0v) is 12.5. The molecule has 0 radical (unpaired) electrons. The van der Waals surface area contributed by atoms with E-state index in [9.17, 15) is 10.1 Å². The molecule has 0 saturated heterocycles. The van der Waals surface area contributed by atoms with Crippen LogP contribution in [0.3, 0.4) is 0 Å². The first kappa shape index (κ1) is 15.6. The lowest BCUT2D eigenvalue weighted by atomic mass is 10.1. The lowest BCUT2D eigenvalue weighted by Crippen LogP contribution is -2.39. The molecule has 1 aliphatic rings. The van der Waals surface area contributed by atoms with Crippen molar-refractivity contribution in [3.63, 3.8) is 0 Å². The van der Waals surface area contributed by atoms with Crippen LogP contribution in [0.2, 0.25) is 0 Å². The van der Waals surface area contributed by atoms with E-state index < -0.39 is 0 Å². The molecule has 4 nitrogen and oxygen atoms in total. The summed E-state index contributed by atoms with van der Waals surface area (Å²) >= 11 is 0. The molecule has 0 atom stereocenters. The Balaban J connectivity index is 2.75. The summed E-state index contributed by atoms with van der Waals surface area (Å²) in [6, 6.07) is 2.26. The Hall–Kier alpha value is -1.50. The molecular formula is C15H25N3O. The van der Waals surface area contributed by atoms with Crippen LogP contribution in [0.5, 0.6) is 0 Å². The van der Waals surface area contributed by atoms with Gasteiger partial charge in [-0.2, -0.15) is 5.26 Å². The van der Waals surface area contributed by atoms with Crippen LogP contribution in [0.4, 0.5) is 0 Å². The van der Waals surface area contributed by atoms with Crippen LogP contribution in [-0.2, 0) is 4.79 Å². The van der Waals surface area contributed by atoms with Gasteiger partial charge in [-0.15, -0.1) is 0 Å². The van der Waals surface area contributed by atoms with Gasteiger partial charge in [0.2, 0.25) is 0 Å². The van der Waals surface area contributed by atoms with Gasteiger partial charge in [-0.05, 0) is 40.5 Å². The molecule has 0 spiro atoms. The molecule has 0 bridgehead atoms. The number of amides is 1. The van der Waals surface area contributed by atoms with Gasteiger partial charge < -0.3 is 10.2 Å². The van der Waals surface area contributed by atoms with Crippen molar-refractivity contribution in [3.05, 3.63) is 11.8 Å². The van der Waals surface area contributed by atoms with E-state index in [0.717, 1.165) is 19.4 Å². The lowest BCUT2D eigenvalue weighted by molar-refractivity contribution is -0.117. The molecule has 1 amide bonds. The molecule has 1 N–H and O–H groups in total. The number of carbonyl (C=O) groups excluding carboxylic acids is 1. The fraction of sp³-hybridized carbons (Fsp3) is 0.733. The van der Waals surface area contributed by atoms with E-state index in [0.29, 0.717) is 0 Å². The van der Waals surface area contributed by atoms with Crippen molar-refractivity contribution in [1.29, 1.82) is 5.26 Å². The number of nitrogens with zero attached hydrogens (tertiary/aromatic N) is 2. The second kappa shape index (κ2) is 6.60. The minimum absolute atomic E-state index is 0.0928. The highest BCUT2D eigenvalue weighted by molar-refractivity contribution is 5.97. The first-order chi connectivity index (χ1) is 8.88. The van der Waals surface area contributed by atoms with E-state index in [-0.39, 0.29) is 23.1 Å². The Bertz CT molecular complexity index is 381. The molecule has 0 aromatic rings. The summed E-state index contributed by atoms with van der Waals surface area (Å²) in [6.45, 7) is 8.99. The van der Waals surface area contributed by atoms with E-state index in [1.165, 1.54) is 12.8 Å². The smallest absolute Gasteiger partial charge is 0.263 e. The summed E-state index contributed by atoms with van der Waals surface area (Å²) in [7, 11) is 0. The number of nitrogens with one attached hydrogen (secondary N) is 1. The van der Waals surface area contributed by atoms with Crippen LogP contribution in [0, 0.1) is 11.3 Å². The van der Waals surface area contributed by atoms with E-state index in [2.05, 4.69) is 26.1 Å². The monoisotopic (exact) mass is 263 g/mol. The summed E-state index contributed by atoms with van der Waals surface area (Å²) in [5, 5.41) is 12.1. The van der Waals surface area contributed by atoms with Crippen molar-refractivity contribution in [3.8, 4) is 6.07 Å². The van der Waals surface area contributed by atoms with Gasteiger partial charge in [-0.25, -0.2) is 0 Å². The third-order valence-corrected chi connectivity index (χ3v) is 3.54. The van der Waals surface area contributed by atoms with Crippen molar-refractivity contribution in [1.82, 2.24) is 10.2 Å². The molecular weight excluding hydrogens is 238 g/mol. The van der Waals surface area contributed by atoms with Gasteiger partial charge in [0.25, 0.3) is 5.91 Å². The fourth-order valence-electron chi connectivity index (χ4n) is 2.39. The van der Waals surface area contributed by atoms with Crippen LogP contribution in [0.1, 0.15) is 53.4 Å². The summed E-state index contributed by atoms with van der Waals surface area (Å²) in [6.07, 6.45) is 6.08. The summed E-state index contributed by atoms with van der Waals surface area (Å²) in [5.74, 6) is -0.239. The SMILES string of the molecule is CCN(/C=C(/C#N)C(=O)NC1CCCC1)C(C)(C)C. The number of carbonyl (C=O) groups is 1. The van der Waals surface area contributed by atoms with Gasteiger partial charge in [0.05, 0.1) is 0 Å². The minimum atomic E-state index is -0.239. The summed E-state index contributed by atoms with van der Waals surface area (Å²) in [4.78, 5) is 14.1. The highest BCUT2D eigenvalue weighted by atomic mass is 16.1. The van der Waals surface area contributed by atoms with Crippen molar-refractivity contribution in [2.75, 3.05) is 6.54 Å². The first-order valence-corrected chi connectivity index (χ1v) is 7.08. The van der Waals surface area contributed by atoms with Crippen LogP contribution in [-0.4, -0.2) is 28.9 Å². The Kier molecular flexibility index (Phi) is 5.41. The standard InChI is InChI=1S/C15H25N3O/c1-5-18(15(2,3)4)11-12(10-16)14(19)17-13-8-6-7-9-13/h11,13H,5-9H2,1-4H3,(H,17,19)/b12-11-. The molecule has 106 valence electrons. The van der Waals surface area contributed by atoms with Crippen LogP contribution >= 0.6 is 0 Å². The maximum atomic E-state index is 12.1. The third kappa shape index (κ3) is 4.59. The second-order valence-corrected chi connectivity index (χ2v) is 6.07. The fourth-order valence-corrected chi connectivity index (χ4v) is 2.39. The zero-order valence-electron chi connectivity index (χ0n) is 12.5. The molecule has 1 fully saturated rings. The van der Waals surface area contributed by atoms with Gasteiger partial charge in [0.1, 0.15) is 11.6 Å². The van der Waals surface area contributed by atoms with Gasteiger partial charge in [-0.3, -0.25) is 4.79 Å². The zero-order chi connectivity index (χ0) is 14.5. The topological polar surface area (TPSA) is 56.1 Å². The maximum Gasteiger partial charge on any atom is 0.263 e. The number of hydrogen-bond donors (Lipinski definition) is 1. The quantitative estimate of drug-likeness (QED) is 0.626. The van der Waals surface area contributed by atoms with Gasteiger partial charge >= 0.3 is 0 Å². The predicted octanol–water partition coefficient (Wildman–Crippen LogP) is 2.57. The molecule has 0 aliphatic heterocycles. The van der Waals surface area contributed by atoms with Crippen molar-refractivity contribution in [2.45, 2.75) is 65.0 Å². The average Bonchev–Trinajstić information content (AvgIpc) is 2.81. The van der Waals surface area contributed by atoms with Gasteiger partial charge in [-0.1, -0.05) is 12.8 Å². The van der Waals surface area contributed by atoms with Crippen LogP contribution in [0.25, 0.3) is 0 Å². The molecule has 1 aliphatic carbocycles. The predicted molar refractivity (Wildman–Crippen MR) is 76.2 cm³/mol. The molecule has 0 aromatic heterocycles. The number of nitriles is 1. The maximum absolute atomic E-state index is 12.1. The highest BCUT2D eigenvalue weighted by Gasteiger charge is 2.22. The molecule has 4 heteroatoms. The average molecular weight is 263 g/mol. The number of rotatable bonds is 4. The van der Waals surface area contributed by atoms with E-state index >= 15 is 0 Å². The molecule has 19 heavy (non-hydrogen) atoms. The largest absolute Gasteiger partial charge is 0.372 e. The minimum Gasteiger partial charge on any atom is -0.372 e. The Labute approximate surface area is 116 Å². The molecule has 0 unspecified atom stereocenters. The van der Waals surface area contributed by atoms with E-state index in [4.69, 9.17) is 0 Å². The Morgan fingerprint density at radius 2 is 2.00 bits per heavy atom. The van der Waals surface area contributed by atoms with Gasteiger partial charge in [0, 0.05) is 24.3 Å². The first-order valence-electron chi connectivity index (χ1n) is 7.08. The third-order valence-electron chi connectivity index (χ3n) is 3.54. The van der Waals surface area contributed by atoms with Gasteiger partial charge in [0.15, 0.2) is 0 Å². The van der Waals surface area contributed by atoms with E-state index in [1.807, 2.05) is 17.9 Å². The molecule has 1 rings (SSSR count). The Morgan fingerprint density at radius 3 is 2.42 bits per heavy atom. The van der Waals surface area contributed by atoms with Crippen molar-refractivity contribution >= 4 is 5.91 Å². The van der Waals surface area contributed by atoms with Crippen molar-refractivity contribution < 1.29 is 4.79 Å². The summed E-state index contributed by atoms with van der Waals surface area (Å²) < 4.78 is 0. The van der Waals surface area contributed by atoms with E-state index in [1.54, 1.807) is 6.20 Å². The van der Waals surface area contributed by atoms with Crippen LogP contribution in [0.15, 0.2) is 11.8 Å². The van der Waals surface area contributed by atoms with Crippen LogP contribution < -0.4 is 5.32 Å². The molecule has 0 heterocycles. The molecule has 1 saturated carbocycles. The Morgan fingerprint density at radius 1 is 1.42 bits per heavy atom. The highest BCUT2D eigenvalue weighted by Crippen LogP contribution is 2.19.